The summed E-state index contributed by atoms with van der Waals surface area (Å²) >= 11 is 0. The van der Waals surface area contributed by atoms with E-state index in [2.05, 4.69) is 10.3 Å². The third kappa shape index (κ3) is 4.57. The SMILES string of the molecule is CC(C)(C)OC(=O)C(Oc1cncc(-c2ccccc2)c1)[C@@H]1CCN1. The Balaban J connectivity index is 1.79. The maximum absolute atomic E-state index is 12.5. The fraction of sp³-hybridized carbons (Fsp3) is 0.400. The van der Waals surface area contributed by atoms with Crippen molar-refractivity contribution in [2.45, 2.75) is 44.9 Å². The third-order valence-electron chi connectivity index (χ3n) is 3.95. The van der Waals surface area contributed by atoms with Crippen molar-refractivity contribution < 1.29 is 14.3 Å². The van der Waals surface area contributed by atoms with Gasteiger partial charge < -0.3 is 14.8 Å². The molecule has 2 atom stereocenters. The van der Waals surface area contributed by atoms with Crippen molar-refractivity contribution in [3.05, 3.63) is 48.8 Å². The lowest BCUT2D eigenvalue weighted by atomic mass is 10.0. The molecule has 0 spiro atoms. The maximum Gasteiger partial charge on any atom is 0.349 e. The van der Waals surface area contributed by atoms with Gasteiger partial charge in [0, 0.05) is 11.8 Å². The highest BCUT2D eigenvalue weighted by molar-refractivity contribution is 5.77. The van der Waals surface area contributed by atoms with Crippen molar-refractivity contribution in [1.29, 1.82) is 0 Å². The van der Waals surface area contributed by atoms with E-state index in [0.717, 1.165) is 24.1 Å². The Kier molecular flexibility index (Phi) is 5.04. The van der Waals surface area contributed by atoms with Gasteiger partial charge in [0.15, 0.2) is 0 Å². The van der Waals surface area contributed by atoms with Crippen LogP contribution in [0.4, 0.5) is 0 Å². The number of nitrogens with one attached hydrogen (secondary N) is 1. The summed E-state index contributed by atoms with van der Waals surface area (Å²) in [6.07, 6.45) is 3.62. The first-order valence-electron chi connectivity index (χ1n) is 8.56. The van der Waals surface area contributed by atoms with E-state index in [-0.39, 0.29) is 12.0 Å². The second kappa shape index (κ2) is 7.23. The van der Waals surface area contributed by atoms with Crippen molar-refractivity contribution in [2.24, 2.45) is 0 Å². The molecule has 5 nitrogen and oxygen atoms in total. The number of carbonyl (C=O) groups excluding carboxylic acids is 1. The summed E-state index contributed by atoms with van der Waals surface area (Å²) in [5.74, 6) is 0.209. The molecule has 5 heteroatoms. The average molecular weight is 340 g/mol. The predicted molar refractivity (Wildman–Crippen MR) is 96.3 cm³/mol. The number of carbonyl (C=O) groups is 1. The molecule has 2 aromatic rings. The molecule has 0 saturated carbocycles. The number of pyridine rings is 1. The zero-order valence-corrected chi connectivity index (χ0v) is 14.9. The molecule has 0 amide bonds. The Morgan fingerprint density at radius 3 is 2.52 bits per heavy atom. The first-order chi connectivity index (χ1) is 11.9. The number of hydrogen-bond acceptors (Lipinski definition) is 5. The molecule has 1 aliphatic heterocycles. The summed E-state index contributed by atoms with van der Waals surface area (Å²) in [7, 11) is 0. The molecule has 2 heterocycles. The van der Waals surface area contributed by atoms with E-state index in [0.29, 0.717) is 5.75 Å². The van der Waals surface area contributed by atoms with Gasteiger partial charge in [0.25, 0.3) is 0 Å². The van der Waals surface area contributed by atoms with E-state index in [1.807, 2.05) is 57.2 Å². The summed E-state index contributed by atoms with van der Waals surface area (Å²) in [5.41, 5.74) is 1.45. The van der Waals surface area contributed by atoms with Gasteiger partial charge in [0.2, 0.25) is 6.10 Å². The van der Waals surface area contributed by atoms with Crippen LogP contribution in [0, 0.1) is 0 Å². The minimum Gasteiger partial charge on any atom is -0.475 e. The summed E-state index contributed by atoms with van der Waals surface area (Å²) in [5, 5.41) is 3.23. The van der Waals surface area contributed by atoms with E-state index in [1.165, 1.54) is 0 Å². The van der Waals surface area contributed by atoms with Crippen LogP contribution < -0.4 is 10.1 Å². The van der Waals surface area contributed by atoms with Gasteiger partial charge >= 0.3 is 5.97 Å². The monoisotopic (exact) mass is 340 g/mol. The Morgan fingerprint density at radius 2 is 1.92 bits per heavy atom. The molecule has 1 N–H and O–H groups in total. The van der Waals surface area contributed by atoms with E-state index >= 15 is 0 Å². The largest absolute Gasteiger partial charge is 0.475 e. The fourth-order valence-electron chi connectivity index (χ4n) is 2.64. The number of rotatable bonds is 5. The van der Waals surface area contributed by atoms with E-state index in [1.54, 1.807) is 12.4 Å². The number of esters is 1. The van der Waals surface area contributed by atoms with Gasteiger partial charge in [0.05, 0.1) is 12.2 Å². The zero-order valence-electron chi connectivity index (χ0n) is 14.9. The molecule has 25 heavy (non-hydrogen) atoms. The Bertz CT molecular complexity index is 721. The second-order valence-corrected chi connectivity index (χ2v) is 7.20. The molecule has 0 bridgehead atoms. The normalized spacial score (nSPS) is 18.1. The lowest BCUT2D eigenvalue weighted by molar-refractivity contribution is -0.165. The highest BCUT2D eigenvalue weighted by Gasteiger charge is 2.37. The van der Waals surface area contributed by atoms with Gasteiger partial charge in [-0.25, -0.2) is 4.79 Å². The maximum atomic E-state index is 12.5. The molecule has 1 fully saturated rings. The average Bonchev–Trinajstić information content (AvgIpc) is 2.52. The zero-order chi connectivity index (χ0) is 17.9. The molecule has 0 radical (unpaired) electrons. The van der Waals surface area contributed by atoms with Gasteiger partial charge in [-0.15, -0.1) is 0 Å². The van der Waals surface area contributed by atoms with Crippen molar-refractivity contribution in [1.82, 2.24) is 10.3 Å². The Morgan fingerprint density at radius 1 is 1.20 bits per heavy atom. The summed E-state index contributed by atoms with van der Waals surface area (Å²) in [6.45, 7) is 6.45. The van der Waals surface area contributed by atoms with Crippen LogP contribution in [-0.4, -0.2) is 35.2 Å². The molecule has 1 aromatic carbocycles. The molecule has 1 aliphatic rings. The van der Waals surface area contributed by atoms with Crippen LogP contribution in [-0.2, 0) is 9.53 Å². The first-order valence-corrected chi connectivity index (χ1v) is 8.56. The van der Waals surface area contributed by atoms with Crippen molar-refractivity contribution in [2.75, 3.05) is 6.54 Å². The lowest BCUT2D eigenvalue weighted by Crippen LogP contribution is -2.57. The molecule has 132 valence electrons. The molecule has 1 unspecified atom stereocenters. The molecular weight excluding hydrogens is 316 g/mol. The summed E-state index contributed by atoms with van der Waals surface area (Å²) < 4.78 is 11.5. The molecule has 0 aliphatic carbocycles. The highest BCUT2D eigenvalue weighted by Crippen LogP contribution is 2.25. The van der Waals surface area contributed by atoms with Crippen LogP contribution in [0.25, 0.3) is 11.1 Å². The van der Waals surface area contributed by atoms with Crippen LogP contribution in [0.1, 0.15) is 27.2 Å². The van der Waals surface area contributed by atoms with Gasteiger partial charge in [-0.05, 0) is 45.4 Å². The van der Waals surface area contributed by atoms with Crippen LogP contribution in [0.15, 0.2) is 48.8 Å². The second-order valence-electron chi connectivity index (χ2n) is 7.20. The summed E-state index contributed by atoms with van der Waals surface area (Å²) in [6, 6.07) is 11.8. The molecular formula is C20H24N2O3. The van der Waals surface area contributed by atoms with Crippen LogP contribution in [0.2, 0.25) is 0 Å². The predicted octanol–water partition coefficient (Wildman–Crippen LogP) is 3.20. The molecule has 1 saturated heterocycles. The third-order valence-corrected chi connectivity index (χ3v) is 3.95. The van der Waals surface area contributed by atoms with Crippen molar-refractivity contribution >= 4 is 5.97 Å². The van der Waals surface area contributed by atoms with Crippen LogP contribution in [0.5, 0.6) is 5.75 Å². The quantitative estimate of drug-likeness (QED) is 0.847. The fourth-order valence-corrected chi connectivity index (χ4v) is 2.64. The number of ether oxygens (including phenoxy) is 2. The van der Waals surface area contributed by atoms with Gasteiger partial charge in [-0.1, -0.05) is 30.3 Å². The highest BCUT2D eigenvalue weighted by atomic mass is 16.6. The van der Waals surface area contributed by atoms with Crippen molar-refractivity contribution in [3.63, 3.8) is 0 Å². The van der Waals surface area contributed by atoms with E-state index in [4.69, 9.17) is 9.47 Å². The smallest absolute Gasteiger partial charge is 0.349 e. The molecule has 3 rings (SSSR count). The standard InChI is InChI=1S/C20H24N2O3/c1-20(2,3)25-19(23)18(17-9-10-22-17)24-16-11-15(12-21-13-16)14-7-5-4-6-8-14/h4-8,11-13,17-18,22H,9-10H2,1-3H3/t17-,18?/m0/s1. The van der Waals surface area contributed by atoms with E-state index in [9.17, 15) is 4.79 Å². The number of aromatic nitrogens is 1. The van der Waals surface area contributed by atoms with Gasteiger partial charge in [-0.3, -0.25) is 4.98 Å². The van der Waals surface area contributed by atoms with Gasteiger partial charge in [-0.2, -0.15) is 0 Å². The van der Waals surface area contributed by atoms with Crippen LogP contribution in [0.3, 0.4) is 0 Å². The van der Waals surface area contributed by atoms with E-state index < -0.39 is 11.7 Å². The number of nitrogens with zero attached hydrogens (tertiary/aromatic N) is 1. The topological polar surface area (TPSA) is 60.5 Å². The summed E-state index contributed by atoms with van der Waals surface area (Å²) in [4.78, 5) is 16.8. The van der Waals surface area contributed by atoms with Crippen LogP contribution >= 0.6 is 0 Å². The molecule has 1 aromatic heterocycles. The minimum absolute atomic E-state index is 0.0322. The first kappa shape index (κ1) is 17.4. The minimum atomic E-state index is -0.680. The van der Waals surface area contributed by atoms with Gasteiger partial charge in [0.1, 0.15) is 11.4 Å². The van der Waals surface area contributed by atoms with Crippen molar-refractivity contribution in [3.8, 4) is 16.9 Å². The Hall–Kier alpha value is -2.40. The number of hydrogen-bond donors (Lipinski definition) is 1. The number of benzene rings is 1. The Labute approximate surface area is 148 Å². The lowest BCUT2D eigenvalue weighted by Gasteiger charge is -2.35.